The molecule has 1 N–H and O–H groups in total. The monoisotopic (exact) mass is 251 g/mol. The molecule has 1 heterocycles. The van der Waals surface area contributed by atoms with Gasteiger partial charge in [0, 0.05) is 26.1 Å². The summed E-state index contributed by atoms with van der Waals surface area (Å²) in [5.74, 6) is -1.07. The van der Waals surface area contributed by atoms with Gasteiger partial charge in [-0.25, -0.2) is 0 Å². The molecule has 0 aromatic heterocycles. The fourth-order valence-corrected chi connectivity index (χ4v) is 1.70. The first-order valence-corrected chi connectivity index (χ1v) is 5.17. The molecule has 0 saturated carbocycles. The summed E-state index contributed by atoms with van der Waals surface area (Å²) in [6, 6.07) is -4.34. The van der Waals surface area contributed by atoms with Crippen molar-refractivity contribution in [1.82, 2.24) is 4.90 Å². The average molecular weight is 251 g/mol. The zero-order chi connectivity index (χ0) is 13.2. The summed E-state index contributed by atoms with van der Waals surface area (Å²) < 4.78 is 31.1. The van der Waals surface area contributed by atoms with Gasteiger partial charge >= 0.3 is 6.05 Å². The van der Waals surface area contributed by atoms with Gasteiger partial charge in [0.25, 0.3) is 5.84 Å². The minimum atomic E-state index is -4.34. The van der Waals surface area contributed by atoms with Gasteiger partial charge < -0.3 is 9.64 Å². The number of hydrogen-bond acceptors (Lipinski definition) is 4. The summed E-state index contributed by atoms with van der Waals surface area (Å²) in [4.78, 5) is 9.30. The number of nitro groups is 1. The third kappa shape index (κ3) is 2.87. The Balaban J connectivity index is 2.61. The Morgan fingerprint density at radius 1 is 1.65 bits per heavy atom. The summed E-state index contributed by atoms with van der Waals surface area (Å²) in [5.41, 5.74) is 0. The first-order valence-electron chi connectivity index (χ1n) is 5.17. The molecular formula is C9H15F2N3O3. The fourth-order valence-electron chi connectivity index (χ4n) is 1.70. The standard InChI is InChI=1S/C9H15F2N3O3/c1-6-4-17-5-7(6)3-13(2)8(12)9(10,11)14(15)16/h6-7,12H,3-5H2,1-2H3. The van der Waals surface area contributed by atoms with E-state index in [9.17, 15) is 18.9 Å². The normalized spacial score (nSPS) is 24.7. The largest absolute Gasteiger partial charge is 0.571 e. The maximum atomic E-state index is 13.0. The zero-order valence-electron chi connectivity index (χ0n) is 9.65. The van der Waals surface area contributed by atoms with E-state index in [1.165, 1.54) is 7.05 Å². The molecule has 0 aromatic carbocycles. The van der Waals surface area contributed by atoms with Crippen molar-refractivity contribution in [2.45, 2.75) is 13.0 Å². The van der Waals surface area contributed by atoms with E-state index in [4.69, 9.17) is 10.1 Å². The van der Waals surface area contributed by atoms with Crippen LogP contribution in [-0.2, 0) is 4.74 Å². The van der Waals surface area contributed by atoms with Crippen molar-refractivity contribution in [2.24, 2.45) is 11.8 Å². The first-order chi connectivity index (χ1) is 7.76. The van der Waals surface area contributed by atoms with Crippen molar-refractivity contribution in [3.05, 3.63) is 10.1 Å². The highest BCUT2D eigenvalue weighted by Gasteiger charge is 2.52. The van der Waals surface area contributed by atoms with Gasteiger partial charge in [0.2, 0.25) is 0 Å². The molecular weight excluding hydrogens is 236 g/mol. The number of ether oxygens (including phenoxy) is 1. The quantitative estimate of drug-likeness (QED) is 0.266. The van der Waals surface area contributed by atoms with Crippen LogP contribution in [-0.4, -0.2) is 48.5 Å². The predicted molar refractivity (Wildman–Crippen MR) is 55.8 cm³/mol. The highest BCUT2D eigenvalue weighted by atomic mass is 19.3. The van der Waals surface area contributed by atoms with Crippen molar-refractivity contribution >= 4 is 5.84 Å². The molecule has 2 atom stereocenters. The Kier molecular flexibility index (Phi) is 3.97. The Bertz CT molecular complexity index is 325. The highest BCUT2D eigenvalue weighted by molar-refractivity contribution is 5.84. The second-order valence-electron chi connectivity index (χ2n) is 4.30. The van der Waals surface area contributed by atoms with E-state index in [1.807, 2.05) is 6.92 Å². The van der Waals surface area contributed by atoms with Gasteiger partial charge in [-0.15, -0.1) is 8.78 Å². The van der Waals surface area contributed by atoms with Crippen molar-refractivity contribution in [2.75, 3.05) is 26.8 Å². The molecule has 0 bridgehead atoms. The second-order valence-corrected chi connectivity index (χ2v) is 4.30. The molecule has 0 spiro atoms. The smallest absolute Gasteiger partial charge is 0.381 e. The summed E-state index contributed by atoms with van der Waals surface area (Å²) >= 11 is 0. The van der Waals surface area contributed by atoms with Gasteiger partial charge in [-0.3, -0.25) is 15.5 Å². The molecule has 1 saturated heterocycles. The minimum absolute atomic E-state index is 0.0166. The van der Waals surface area contributed by atoms with Gasteiger partial charge in [0.05, 0.1) is 6.61 Å². The lowest BCUT2D eigenvalue weighted by Gasteiger charge is -2.24. The lowest BCUT2D eigenvalue weighted by atomic mass is 9.98. The van der Waals surface area contributed by atoms with Gasteiger partial charge in [-0.05, 0) is 5.92 Å². The lowest BCUT2D eigenvalue weighted by Crippen LogP contribution is -2.47. The number of hydrogen-bond donors (Lipinski definition) is 1. The predicted octanol–water partition coefficient (Wildman–Crippen LogP) is 1.05. The third-order valence-electron chi connectivity index (χ3n) is 2.92. The van der Waals surface area contributed by atoms with Crippen LogP contribution in [0.1, 0.15) is 6.92 Å². The topological polar surface area (TPSA) is 79.5 Å². The molecule has 1 aliphatic rings. The molecule has 1 fully saturated rings. The van der Waals surface area contributed by atoms with Crippen LogP contribution in [0.2, 0.25) is 0 Å². The highest BCUT2D eigenvalue weighted by Crippen LogP contribution is 2.23. The first kappa shape index (κ1) is 13.8. The molecule has 1 aliphatic heterocycles. The van der Waals surface area contributed by atoms with Gasteiger partial charge in [-0.2, -0.15) is 0 Å². The number of nitrogens with one attached hydrogen (secondary N) is 1. The van der Waals surface area contributed by atoms with E-state index in [0.717, 1.165) is 4.90 Å². The van der Waals surface area contributed by atoms with Gasteiger partial charge in [0.1, 0.15) is 4.92 Å². The van der Waals surface area contributed by atoms with E-state index < -0.39 is 16.8 Å². The molecule has 2 unspecified atom stereocenters. The number of rotatable bonds is 4. The van der Waals surface area contributed by atoms with Crippen LogP contribution in [0.15, 0.2) is 0 Å². The average Bonchev–Trinajstić information content (AvgIpc) is 2.63. The van der Waals surface area contributed by atoms with Crippen LogP contribution in [0, 0.1) is 27.4 Å². The molecule has 6 nitrogen and oxygen atoms in total. The fraction of sp³-hybridized carbons (Fsp3) is 0.889. The second kappa shape index (κ2) is 4.91. The van der Waals surface area contributed by atoms with Crippen LogP contribution >= 0.6 is 0 Å². The minimum Gasteiger partial charge on any atom is -0.381 e. The van der Waals surface area contributed by atoms with Crippen LogP contribution in [0.3, 0.4) is 0 Å². The van der Waals surface area contributed by atoms with Crippen molar-refractivity contribution in [3.8, 4) is 0 Å². The van der Waals surface area contributed by atoms with E-state index in [1.54, 1.807) is 0 Å². The molecule has 1 rings (SSSR count). The SMILES string of the molecule is CC1COCC1CN(C)C(=N)C(F)(F)[N+](=O)[O-]. The zero-order valence-corrected chi connectivity index (χ0v) is 9.65. The summed E-state index contributed by atoms with van der Waals surface area (Å²) in [6.07, 6.45) is 0. The molecule has 0 aromatic rings. The van der Waals surface area contributed by atoms with Gasteiger partial charge in [0.15, 0.2) is 0 Å². The van der Waals surface area contributed by atoms with E-state index in [0.29, 0.717) is 13.2 Å². The Morgan fingerprint density at radius 3 is 2.65 bits per heavy atom. The Hall–Kier alpha value is -1.31. The number of halogens is 2. The Labute approximate surface area is 97.2 Å². The molecule has 17 heavy (non-hydrogen) atoms. The van der Waals surface area contributed by atoms with Crippen molar-refractivity contribution in [1.29, 1.82) is 5.41 Å². The van der Waals surface area contributed by atoms with Crippen LogP contribution in [0.4, 0.5) is 8.78 Å². The summed E-state index contributed by atoms with van der Waals surface area (Å²) in [5, 5.41) is 17.3. The van der Waals surface area contributed by atoms with E-state index >= 15 is 0 Å². The number of likely N-dealkylation sites (N-methyl/N-ethyl adjacent to an activating group) is 1. The number of alkyl halides is 2. The third-order valence-corrected chi connectivity index (χ3v) is 2.92. The maximum Gasteiger partial charge on any atom is 0.571 e. The summed E-state index contributed by atoms with van der Waals surface area (Å²) in [7, 11) is 1.25. The lowest BCUT2D eigenvalue weighted by molar-refractivity contribution is -0.618. The van der Waals surface area contributed by atoms with Crippen LogP contribution in [0.25, 0.3) is 0 Å². The Morgan fingerprint density at radius 2 is 2.24 bits per heavy atom. The number of amidine groups is 1. The van der Waals surface area contributed by atoms with Crippen molar-refractivity contribution < 1.29 is 18.4 Å². The number of nitrogens with zero attached hydrogens (tertiary/aromatic N) is 2. The van der Waals surface area contributed by atoms with Gasteiger partial charge in [-0.1, -0.05) is 6.92 Å². The van der Waals surface area contributed by atoms with Crippen LogP contribution in [0.5, 0.6) is 0 Å². The molecule has 0 radical (unpaired) electrons. The summed E-state index contributed by atoms with van der Waals surface area (Å²) in [6.45, 7) is 3.06. The molecule has 0 aliphatic carbocycles. The van der Waals surface area contributed by atoms with Crippen LogP contribution < -0.4 is 0 Å². The molecule has 8 heteroatoms. The van der Waals surface area contributed by atoms with Crippen molar-refractivity contribution in [3.63, 3.8) is 0 Å². The molecule has 0 amide bonds. The van der Waals surface area contributed by atoms with E-state index in [-0.39, 0.29) is 18.4 Å². The molecule has 98 valence electrons. The maximum absolute atomic E-state index is 13.0. The van der Waals surface area contributed by atoms with E-state index in [2.05, 4.69) is 0 Å².